The van der Waals surface area contributed by atoms with Crippen LogP contribution in [0.4, 0.5) is 5.82 Å². The van der Waals surface area contributed by atoms with Crippen molar-refractivity contribution in [3.8, 4) is 5.69 Å². The molecule has 0 aliphatic rings. The van der Waals surface area contributed by atoms with Gasteiger partial charge in [-0.15, -0.1) is 0 Å². The van der Waals surface area contributed by atoms with E-state index in [2.05, 4.69) is 31.2 Å². The van der Waals surface area contributed by atoms with E-state index >= 15 is 0 Å². The Bertz CT molecular complexity index is 1090. The number of carbonyl (C=O) groups excluding carboxylic acids is 2. The molecule has 3 aromatic rings. The Morgan fingerprint density at radius 2 is 1.76 bits per heavy atom. The summed E-state index contributed by atoms with van der Waals surface area (Å²) in [5.41, 5.74) is 2.37. The normalized spacial score (nSPS) is 11.3. The van der Waals surface area contributed by atoms with Gasteiger partial charge in [-0.2, -0.15) is 5.10 Å². The second-order valence-corrected chi connectivity index (χ2v) is 9.27. The van der Waals surface area contributed by atoms with Gasteiger partial charge in [0.1, 0.15) is 12.4 Å². The molecular formula is C25H29ClN4O3. The summed E-state index contributed by atoms with van der Waals surface area (Å²) in [6, 6.07) is 18.6. The molecule has 2 aromatic carbocycles. The Balaban J connectivity index is 1.63. The number of amides is 2. The average Bonchev–Trinajstić information content (AvgIpc) is 3.19. The zero-order valence-corrected chi connectivity index (χ0v) is 20.1. The summed E-state index contributed by atoms with van der Waals surface area (Å²) in [7, 11) is 1.57. The zero-order chi connectivity index (χ0) is 24.0. The van der Waals surface area contributed by atoms with Gasteiger partial charge in [0.15, 0.2) is 0 Å². The van der Waals surface area contributed by atoms with Crippen LogP contribution in [0.2, 0.25) is 5.02 Å². The molecule has 8 heteroatoms. The minimum atomic E-state index is -0.329. The van der Waals surface area contributed by atoms with Gasteiger partial charge in [-0.05, 0) is 29.8 Å². The van der Waals surface area contributed by atoms with Gasteiger partial charge in [0.05, 0.1) is 24.5 Å². The lowest BCUT2D eigenvalue weighted by Gasteiger charge is -2.17. The second kappa shape index (κ2) is 10.6. The van der Waals surface area contributed by atoms with Crippen LogP contribution in [-0.2, 0) is 26.3 Å². The van der Waals surface area contributed by atoms with Crippen LogP contribution in [0.3, 0.4) is 0 Å². The Hall–Kier alpha value is -3.16. The van der Waals surface area contributed by atoms with Crippen molar-refractivity contribution in [2.75, 3.05) is 25.5 Å². The van der Waals surface area contributed by atoms with Crippen LogP contribution in [0.5, 0.6) is 0 Å². The van der Waals surface area contributed by atoms with Gasteiger partial charge in [0, 0.05) is 23.6 Å². The first kappa shape index (κ1) is 24.5. The maximum absolute atomic E-state index is 12.7. The Kier molecular flexibility index (Phi) is 7.89. The number of carbonyl (C=O) groups is 2. The number of nitrogens with one attached hydrogen (secondary N) is 1. The summed E-state index contributed by atoms with van der Waals surface area (Å²) >= 11 is 6.01. The summed E-state index contributed by atoms with van der Waals surface area (Å²) in [6.45, 7) is 6.28. The van der Waals surface area contributed by atoms with Crippen LogP contribution in [0.25, 0.3) is 5.69 Å². The lowest BCUT2D eigenvalue weighted by molar-refractivity contribution is -0.137. The molecule has 0 bridgehead atoms. The average molecular weight is 469 g/mol. The number of aromatic nitrogens is 2. The molecule has 1 N–H and O–H groups in total. The predicted molar refractivity (Wildman–Crippen MR) is 130 cm³/mol. The van der Waals surface area contributed by atoms with Crippen LogP contribution < -0.4 is 5.32 Å². The molecule has 0 saturated heterocycles. The monoisotopic (exact) mass is 468 g/mol. The van der Waals surface area contributed by atoms with Gasteiger partial charge >= 0.3 is 0 Å². The van der Waals surface area contributed by atoms with Crippen molar-refractivity contribution in [3.05, 3.63) is 76.9 Å². The summed E-state index contributed by atoms with van der Waals surface area (Å²) < 4.78 is 7.15. The molecule has 0 saturated carbocycles. The number of halogens is 1. The maximum Gasteiger partial charge on any atom is 0.248 e. The van der Waals surface area contributed by atoms with E-state index in [0.29, 0.717) is 17.4 Å². The number of benzene rings is 2. The van der Waals surface area contributed by atoms with E-state index in [1.165, 1.54) is 4.90 Å². The Morgan fingerprint density at radius 3 is 2.39 bits per heavy atom. The van der Waals surface area contributed by atoms with Crippen molar-refractivity contribution >= 4 is 29.2 Å². The highest BCUT2D eigenvalue weighted by atomic mass is 35.5. The van der Waals surface area contributed by atoms with Gasteiger partial charge in [-0.3, -0.25) is 9.59 Å². The second-order valence-electron chi connectivity index (χ2n) is 8.83. The third-order valence-electron chi connectivity index (χ3n) is 4.96. The standard InChI is InChI=1S/C25H29ClN4O3/c1-25(2,3)21-14-22(30(28-21)20-12-10-19(26)11-13-20)27-23(31)15-29(4)24(32)17-33-16-18-8-6-5-7-9-18/h5-14H,15-17H2,1-4H3,(H,27,31). The van der Waals surface area contributed by atoms with Crippen LogP contribution >= 0.6 is 11.6 Å². The summed E-state index contributed by atoms with van der Waals surface area (Å²) in [4.78, 5) is 26.4. The summed E-state index contributed by atoms with van der Waals surface area (Å²) in [5, 5.41) is 8.17. The SMILES string of the molecule is CN(CC(=O)Nc1cc(C(C)(C)C)nn1-c1ccc(Cl)cc1)C(=O)COCc1ccccc1. The first-order chi connectivity index (χ1) is 15.6. The highest BCUT2D eigenvalue weighted by Crippen LogP contribution is 2.26. The molecule has 0 atom stereocenters. The fraction of sp³-hybridized carbons (Fsp3) is 0.320. The summed E-state index contributed by atoms with van der Waals surface area (Å²) in [6.07, 6.45) is 0. The van der Waals surface area contributed by atoms with E-state index in [0.717, 1.165) is 16.9 Å². The van der Waals surface area contributed by atoms with Gasteiger partial charge in [-0.1, -0.05) is 62.7 Å². The number of anilines is 1. The molecule has 0 fully saturated rings. The fourth-order valence-electron chi connectivity index (χ4n) is 3.04. The van der Waals surface area contributed by atoms with Gasteiger partial charge in [-0.25, -0.2) is 4.68 Å². The molecule has 0 aliphatic carbocycles. The molecule has 3 rings (SSSR count). The third kappa shape index (κ3) is 6.91. The lowest BCUT2D eigenvalue weighted by Crippen LogP contribution is -2.37. The fourth-order valence-corrected chi connectivity index (χ4v) is 3.17. The largest absolute Gasteiger partial charge is 0.367 e. The molecule has 7 nitrogen and oxygen atoms in total. The molecule has 0 radical (unpaired) electrons. The van der Waals surface area contributed by atoms with Gasteiger partial charge in [0.2, 0.25) is 11.8 Å². The molecule has 1 heterocycles. The van der Waals surface area contributed by atoms with Crippen molar-refractivity contribution < 1.29 is 14.3 Å². The number of likely N-dealkylation sites (N-methyl/N-ethyl adjacent to an activating group) is 1. The van der Waals surface area contributed by atoms with Crippen molar-refractivity contribution in [2.45, 2.75) is 32.8 Å². The molecule has 0 spiro atoms. The minimum Gasteiger partial charge on any atom is -0.367 e. The van der Waals surface area contributed by atoms with E-state index in [9.17, 15) is 9.59 Å². The number of hydrogen-bond donors (Lipinski definition) is 1. The van der Waals surface area contributed by atoms with Crippen LogP contribution in [0.15, 0.2) is 60.7 Å². The van der Waals surface area contributed by atoms with Crippen molar-refractivity contribution in [3.63, 3.8) is 0 Å². The van der Waals surface area contributed by atoms with Gasteiger partial charge in [0.25, 0.3) is 0 Å². The maximum atomic E-state index is 12.7. The number of nitrogens with zero attached hydrogens (tertiary/aromatic N) is 3. The van der Waals surface area contributed by atoms with Crippen molar-refractivity contribution in [2.24, 2.45) is 0 Å². The van der Waals surface area contributed by atoms with E-state index < -0.39 is 0 Å². The molecule has 174 valence electrons. The highest BCUT2D eigenvalue weighted by Gasteiger charge is 2.22. The molecule has 1 aromatic heterocycles. The van der Waals surface area contributed by atoms with Gasteiger partial charge < -0.3 is 15.0 Å². The highest BCUT2D eigenvalue weighted by molar-refractivity contribution is 6.30. The predicted octanol–water partition coefficient (Wildman–Crippen LogP) is 4.44. The number of ether oxygens (including phenoxy) is 1. The molecular weight excluding hydrogens is 440 g/mol. The minimum absolute atomic E-state index is 0.102. The first-order valence-corrected chi connectivity index (χ1v) is 11.0. The van der Waals surface area contributed by atoms with Crippen LogP contribution in [-0.4, -0.2) is 46.7 Å². The smallest absolute Gasteiger partial charge is 0.248 e. The van der Waals surface area contributed by atoms with E-state index in [-0.39, 0.29) is 30.4 Å². The molecule has 33 heavy (non-hydrogen) atoms. The molecule has 2 amide bonds. The topological polar surface area (TPSA) is 76.5 Å². The zero-order valence-electron chi connectivity index (χ0n) is 19.3. The summed E-state index contributed by atoms with van der Waals surface area (Å²) in [5.74, 6) is -0.0828. The Labute approximate surface area is 199 Å². The molecule has 0 unspecified atom stereocenters. The first-order valence-electron chi connectivity index (χ1n) is 10.7. The van der Waals surface area contributed by atoms with Crippen LogP contribution in [0.1, 0.15) is 32.0 Å². The molecule has 0 aliphatic heterocycles. The quantitative estimate of drug-likeness (QED) is 0.530. The van der Waals surface area contributed by atoms with E-state index in [4.69, 9.17) is 16.3 Å². The van der Waals surface area contributed by atoms with E-state index in [1.807, 2.05) is 48.5 Å². The van der Waals surface area contributed by atoms with Crippen molar-refractivity contribution in [1.82, 2.24) is 14.7 Å². The Morgan fingerprint density at radius 1 is 1.09 bits per heavy atom. The van der Waals surface area contributed by atoms with E-state index in [1.54, 1.807) is 23.9 Å². The number of hydrogen-bond acceptors (Lipinski definition) is 4. The third-order valence-corrected chi connectivity index (χ3v) is 5.21. The van der Waals surface area contributed by atoms with Crippen LogP contribution in [0, 0.1) is 0 Å². The van der Waals surface area contributed by atoms with Crippen molar-refractivity contribution in [1.29, 1.82) is 0 Å². The number of rotatable bonds is 8. The lowest BCUT2D eigenvalue weighted by atomic mass is 9.92.